The van der Waals surface area contributed by atoms with E-state index >= 15 is 0 Å². The number of rotatable bonds is 5. The highest BCUT2D eigenvalue weighted by molar-refractivity contribution is 6.00. The smallest absolute Gasteiger partial charge is 0.305 e. The lowest BCUT2D eigenvalue weighted by Crippen LogP contribution is -2.52. The number of anilines is 1. The van der Waals surface area contributed by atoms with Crippen molar-refractivity contribution in [2.75, 3.05) is 24.7 Å². The van der Waals surface area contributed by atoms with E-state index in [1.165, 1.54) is 0 Å². The Balaban J connectivity index is 1.68. The molecule has 2 aliphatic rings. The predicted octanol–water partition coefficient (Wildman–Crippen LogP) is 1.10. The molecule has 0 spiro atoms. The van der Waals surface area contributed by atoms with Gasteiger partial charge in [0.15, 0.2) is 0 Å². The number of benzene rings is 1. The Bertz CT molecular complexity index is 679. The lowest BCUT2D eigenvalue weighted by atomic mass is 9.93. The molecule has 2 N–H and O–H groups in total. The third-order valence-corrected chi connectivity index (χ3v) is 4.82. The Morgan fingerprint density at radius 3 is 2.68 bits per heavy atom. The van der Waals surface area contributed by atoms with Crippen molar-refractivity contribution in [1.82, 2.24) is 5.32 Å². The Morgan fingerprint density at radius 1 is 1.36 bits per heavy atom. The molecule has 7 heteroatoms. The van der Waals surface area contributed by atoms with E-state index in [-0.39, 0.29) is 31.3 Å². The monoisotopic (exact) mass is 346 g/mol. The molecule has 2 saturated heterocycles. The molecule has 0 saturated carbocycles. The highest BCUT2D eigenvalue weighted by Gasteiger charge is 2.42. The first-order chi connectivity index (χ1) is 11.9. The zero-order valence-corrected chi connectivity index (χ0v) is 14.2. The summed E-state index contributed by atoms with van der Waals surface area (Å²) in [5, 5.41) is 11.9. The second-order valence-corrected chi connectivity index (χ2v) is 6.88. The summed E-state index contributed by atoms with van der Waals surface area (Å²) in [5.41, 5.74) is 1.00. The van der Waals surface area contributed by atoms with Gasteiger partial charge in [-0.05, 0) is 25.5 Å². The summed E-state index contributed by atoms with van der Waals surface area (Å²) in [6.07, 6.45) is 0.415. The predicted molar refractivity (Wildman–Crippen MR) is 90.2 cm³/mol. The van der Waals surface area contributed by atoms with E-state index in [2.05, 4.69) is 5.32 Å². The highest BCUT2D eigenvalue weighted by atomic mass is 16.5. The van der Waals surface area contributed by atoms with E-state index in [1.807, 2.05) is 31.2 Å². The van der Waals surface area contributed by atoms with Crippen LogP contribution in [0, 0.1) is 12.8 Å². The second kappa shape index (κ2) is 6.84. The van der Waals surface area contributed by atoms with Gasteiger partial charge in [0.1, 0.15) is 0 Å². The van der Waals surface area contributed by atoms with Gasteiger partial charge in [-0.25, -0.2) is 0 Å². The first-order valence-corrected chi connectivity index (χ1v) is 8.37. The molecule has 0 bridgehead atoms. The lowest BCUT2D eigenvalue weighted by molar-refractivity contribution is -0.139. The summed E-state index contributed by atoms with van der Waals surface area (Å²) in [6.45, 7) is 2.88. The van der Waals surface area contributed by atoms with Gasteiger partial charge < -0.3 is 20.1 Å². The molecule has 1 aromatic rings. The van der Waals surface area contributed by atoms with E-state index < -0.39 is 17.4 Å². The third-order valence-electron chi connectivity index (χ3n) is 4.82. The fourth-order valence-electron chi connectivity index (χ4n) is 3.40. The molecule has 0 aliphatic carbocycles. The molecular formula is C18H22N2O5. The van der Waals surface area contributed by atoms with E-state index in [1.54, 1.807) is 4.90 Å². The van der Waals surface area contributed by atoms with Gasteiger partial charge in [0, 0.05) is 25.3 Å². The van der Waals surface area contributed by atoms with Crippen molar-refractivity contribution in [3.8, 4) is 0 Å². The maximum Gasteiger partial charge on any atom is 0.305 e. The minimum atomic E-state index is -0.977. The number of carbonyl (C=O) groups excluding carboxylic acids is 2. The Kier molecular flexibility index (Phi) is 4.76. The van der Waals surface area contributed by atoms with Crippen LogP contribution in [0.25, 0.3) is 0 Å². The minimum absolute atomic E-state index is 0.0982. The second-order valence-electron chi connectivity index (χ2n) is 6.88. The molecule has 2 unspecified atom stereocenters. The first-order valence-electron chi connectivity index (χ1n) is 8.37. The van der Waals surface area contributed by atoms with Crippen LogP contribution >= 0.6 is 0 Å². The van der Waals surface area contributed by atoms with Crippen LogP contribution in [0.5, 0.6) is 0 Å². The molecule has 0 aromatic heterocycles. The molecule has 2 heterocycles. The van der Waals surface area contributed by atoms with Gasteiger partial charge in [0.05, 0.1) is 24.5 Å². The van der Waals surface area contributed by atoms with Gasteiger partial charge in [-0.2, -0.15) is 0 Å². The summed E-state index contributed by atoms with van der Waals surface area (Å²) >= 11 is 0. The summed E-state index contributed by atoms with van der Waals surface area (Å²) < 4.78 is 5.29. The van der Waals surface area contributed by atoms with Crippen molar-refractivity contribution >= 4 is 23.5 Å². The van der Waals surface area contributed by atoms with Crippen LogP contribution in [0.3, 0.4) is 0 Å². The molecule has 2 amide bonds. The van der Waals surface area contributed by atoms with Gasteiger partial charge in [-0.3, -0.25) is 14.4 Å². The lowest BCUT2D eigenvalue weighted by Gasteiger charge is -2.28. The average molecular weight is 346 g/mol. The highest BCUT2D eigenvalue weighted by Crippen LogP contribution is 2.28. The summed E-state index contributed by atoms with van der Waals surface area (Å²) in [6, 6.07) is 7.58. The molecule has 1 aromatic carbocycles. The molecule has 2 aliphatic heterocycles. The Morgan fingerprint density at radius 2 is 2.08 bits per heavy atom. The Hall–Kier alpha value is -2.41. The standard InChI is InChI=1S/C18H22N2O5/c1-12-2-4-14(5-3-12)20-10-13(8-15(20)21)17(24)19-18(9-16(22)23)6-7-25-11-18/h2-5,13H,6-11H2,1H3,(H,19,24)(H,22,23). The molecule has 25 heavy (non-hydrogen) atoms. The maximum atomic E-state index is 12.6. The van der Waals surface area contributed by atoms with Crippen molar-refractivity contribution in [2.45, 2.75) is 31.7 Å². The fourth-order valence-corrected chi connectivity index (χ4v) is 3.40. The van der Waals surface area contributed by atoms with E-state index in [0.29, 0.717) is 19.6 Å². The van der Waals surface area contributed by atoms with Crippen LogP contribution in [0.2, 0.25) is 0 Å². The largest absolute Gasteiger partial charge is 0.481 e. The molecule has 2 atom stereocenters. The molecule has 0 radical (unpaired) electrons. The van der Waals surface area contributed by atoms with Crippen LogP contribution in [0.1, 0.15) is 24.8 Å². The van der Waals surface area contributed by atoms with E-state index in [0.717, 1.165) is 11.3 Å². The number of carboxylic acid groups (broad SMARTS) is 1. The van der Waals surface area contributed by atoms with Gasteiger partial charge >= 0.3 is 5.97 Å². The molecule has 3 rings (SSSR count). The third kappa shape index (κ3) is 3.82. The molecule has 134 valence electrons. The van der Waals surface area contributed by atoms with Crippen LogP contribution in [-0.2, 0) is 19.1 Å². The number of aliphatic carboxylic acids is 1. The fraction of sp³-hybridized carbons (Fsp3) is 0.500. The van der Waals surface area contributed by atoms with Crippen LogP contribution in [-0.4, -0.2) is 48.2 Å². The zero-order chi connectivity index (χ0) is 18.0. The number of amides is 2. The number of nitrogens with zero attached hydrogens (tertiary/aromatic N) is 1. The zero-order valence-electron chi connectivity index (χ0n) is 14.2. The first kappa shape index (κ1) is 17.4. The number of ether oxygens (including phenoxy) is 1. The summed E-state index contributed by atoms with van der Waals surface area (Å²) in [5.74, 6) is -1.84. The van der Waals surface area contributed by atoms with Gasteiger partial charge in [-0.15, -0.1) is 0 Å². The number of carboxylic acids is 1. The van der Waals surface area contributed by atoms with Crippen molar-refractivity contribution in [3.05, 3.63) is 29.8 Å². The quantitative estimate of drug-likeness (QED) is 0.832. The Labute approximate surface area is 146 Å². The van der Waals surface area contributed by atoms with Gasteiger partial charge in [0.2, 0.25) is 11.8 Å². The topological polar surface area (TPSA) is 95.9 Å². The van der Waals surface area contributed by atoms with Gasteiger partial charge in [-0.1, -0.05) is 17.7 Å². The van der Waals surface area contributed by atoms with Crippen LogP contribution < -0.4 is 10.2 Å². The number of carbonyl (C=O) groups is 3. The molecule has 2 fully saturated rings. The van der Waals surface area contributed by atoms with Crippen molar-refractivity contribution < 1.29 is 24.2 Å². The summed E-state index contributed by atoms with van der Waals surface area (Å²) in [7, 11) is 0. The maximum absolute atomic E-state index is 12.6. The molecular weight excluding hydrogens is 324 g/mol. The number of aryl methyl sites for hydroxylation is 1. The van der Waals surface area contributed by atoms with Crippen molar-refractivity contribution in [2.24, 2.45) is 5.92 Å². The normalized spacial score (nSPS) is 26.0. The van der Waals surface area contributed by atoms with Crippen molar-refractivity contribution in [3.63, 3.8) is 0 Å². The van der Waals surface area contributed by atoms with Crippen molar-refractivity contribution in [1.29, 1.82) is 0 Å². The van der Waals surface area contributed by atoms with Gasteiger partial charge in [0.25, 0.3) is 0 Å². The SMILES string of the molecule is Cc1ccc(N2CC(C(=O)NC3(CC(=O)O)CCOC3)CC2=O)cc1. The minimum Gasteiger partial charge on any atom is -0.481 e. The summed E-state index contributed by atoms with van der Waals surface area (Å²) in [4.78, 5) is 37.6. The number of nitrogens with one attached hydrogen (secondary N) is 1. The van der Waals surface area contributed by atoms with E-state index in [4.69, 9.17) is 9.84 Å². The van der Waals surface area contributed by atoms with E-state index in [9.17, 15) is 14.4 Å². The molecule has 7 nitrogen and oxygen atoms in total. The van der Waals surface area contributed by atoms with Crippen LogP contribution in [0.15, 0.2) is 24.3 Å². The van der Waals surface area contributed by atoms with Crippen LogP contribution in [0.4, 0.5) is 5.69 Å². The number of hydrogen-bond donors (Lipinski definition) is 2. The number of hydrogen-bond acceptors (Lipinski definition) is 4. The average Bonchev–Trinajstić information content (AvgIpc) is 3.14.